The van der Waals surface area contributed by atoms with Crippen molar-refractivity contribution in [2.24, 2.45) is 7.05 Å². The molecule has 3 aromatic heterocycles. The molecule has 10 heteroatoms. The largest absolute Gasteiger partial charge is 0.492 e. The lowest BCUT2D eigenvalue weighted by atomic mass is 10.2. The van der Waals surface area contributed by atoms with Gasteiger partial charge in [-0.3, -0.25) is 9.48 Å². The Morgan fingerprint density at radius 1 is 1.11 bits per heavy atom. The average molecular weight is 475 g/mol. The maximum atomic E-state index is 12.1. The second-order valence-corrected chi connectivity index (χ2v) is 8.75. The molecular formula is C25H30N8O2. The molecule has 182 valence electrons. The first-order valence-corrected chi connectivity index (χ1v) is 11.9. The average Bonchev–Trinajstić information content (AvgIpc) is 3.53. The molecule has 35 heavy (non-hydrogen) atoms. The van der Waals surface area contributed by atoms with Crippen LogP contribution in [0.3, 0.4) is 0 Å². The fourth-order valence-corrected chi connectivity index (χ4v) is 4.46. The van der Waals surface area contributed by atoms with Crippen molar-refractivity contribution >= 4 is 22.9 Å². The second-order valence-electron chi connectivity index (χ2n) is 8.75. The molecule has 0 atom stereocenters. The zero-order chi connectivity index (χ0) is 24.4. The number of imidazole rings is 1. The molecule has 0 radical (unpaired) electrons. The Morgan fingerprint density at radius 3 is 2.66 bits per heavy atom. The number of nitrogens with one attached hydrogen (secondary N) is 1. The molecular weight excluding hydrogens is 444 g/mol. The van der Waals surface area contributed by atoms with Gasteiger partial charge in [0.1, 0.15) is 17.9 Å². The van der Waals surface area contributed by atoms with Crippen LogP contribution in [0.2, 0.25) is 0 Å². The normalized spacial score (nSPS) is 13.7. The van der Waals surface area contributed by atoms with Gasteiger partial charge in [0.05, 0.1) is 24.1 Å². The highest BCUT2D eigenvalue weighted by molar-refractivity contribution is 5.85. The van der Waals surface area contributed by atoms with Crippen molar-refractivity contribution in [2.75, 3.05) is 31.6 Å². The van der Waals surface area contributed by atoms with Crippen LogP contribution < -0.4 is 10.1 Å². The maximum Gasteiger partial charge on any atom is 0.222 e. The molecule has 4 heterocycles. The molecule has 5 rings (SSSR count). The highest BCUT2D eigenvalue weighted by atomic mass is 16.5. The summed E-state index contributed by atoms with van der Waals surface area (Å²) >= 11 is 0. The number of aromatic nitrogens is 6. The van der Waals surface area contributed by atoms with E-state index >= 15 is 0 Å². The molecule has 0 bridgehead atoms. The Bertz CT molecular complexity index is 1340. The third-order valence-electron chi connectivity index (χ3n) is 6.39. The van der Waals surface area contributed by atoms with E-state index in [1.807, 2.05) is 65.4 Å². The van der Waals surface area contributed by atoms with Gasteiger partial charge in [-0.2, -0.15) is 5.10 Å². The molecule has 1 aliphatic rings. The lowest BCUT2D eigenvalue weighted by Crippen LogP contribution is -2.28. The van der Waals surface area contributed by atoms with Gasteiger partial charge in [-0.25, -0.2) is 15.0 Å². The number of hydrogen-bond donors (Lipinski definition) is 1. The number of para-hydroxylation sites is 1. The molecule has 1 N–H and O–H groups in total. The van der Waals surface area contributed by atoms with Gasteiger partial charge in [0.2, 0.25) is 5.91 Å². The molecule has 1 aromatic carbocycles. The van der Waals surface area contributed by atoms with E-state index in [4.69, 9.17) is 14.7 Å². The van der Waals surface area contributed by atoms with Crippen molar-refractivity contribution in [1.82, 2.24) is 34.2 Å². The first-order chi connectivity index (χ1) is 17.0. The number of carbonyl (C=O) groups is 1. The Balaban J connectivity index is 1.43. The minimum atomic E-state index is 0.215. The summed E-state index contributed by atoms with van der Waals surface area (Å²) in [6, 6.07) is 9.72. The van der Waals surface area contributed by atoms with Crippen molar-refractivity contribution in [3.63, 3.8) is 0 Å². The van der Waals surface area contributed by atoms with Crippen LogP contribution in [-0.2, 0) is 18.4 Å². The first kappa shape index (κ1) is 22.8. The number of fused-ring (bicyclic) bond motifs is 1. The minimum absolute atomic E-state index is 0.215. The fraction of sp³-hybridized carbons (Fsp3) is 0.400. The molecule has 0 aliphatic carbocycles. The van der Waals surface area contributed by atoms with Crippen LogP contribution in [0.15, 0.2) is 36.7 Å². The Hall–Kier alpha value is -3.95. The summed E-state index contributed by atoms with van der Waals surface area (Å²) < 4.78 is 9.67. The number of nitrogens with zero attached hydrogens (tertiary/aromatic N) is 7. The van der Waals surface area contributed by atoms with E-state index in [-0.39, 0.29) is 5.91 Å². The van der Waals surface area contributed by atoms with Crippen LogP contribution in [-0.4, -0.2) is 66.3 Å². The summed E-state index contributed by atoms with van der Waals surface area (Å²) in [5, 5.41) is 7.93. The highest BCUT2D eigenvalue weighted by Gasteiger charge is 2.22. The van der Waals surface area contributed by atoms with Gasteiger partial charge in [-0.1, -0.05) is 18.2 Å². The number of ether oxygens (including phenoxy) is 1. The molecule has 0 saturated carbocycles. The lowest BCUT2D eigenvalue weighted by Gasteiger charge is -2.16. The van der Waals surface area contributed by atoms with E-state index in [0.717, 1.165) is 41.3 Å². The standard InChI is InChI=1S/C25H30N8O2/c1-17-21(18(2)31(3)30-17)23-28-24(26-11-15-35-19-8-5-4-6-9-19)22-25(29-23)33(16-27-22)14-13-32-12-7-10-20(32)34/h4-6,8-9,16H,7,10-15H2,1-3H3,(H,26,28,29). The number of aryl methyl sites for hydroxylation is 2. The monoisotopic (exact) mass is 474 g/mol. The molecule has 0 spiro atoms. The number of benzene rings is 1. The summed E-state index contributed by atoms with van der Waals surface area (Å²) in [7, 11) is 1.92. The fourth-order valence-electron chi connectivity index (χ4n) is 4.46. The topological polar surface area (TPSA) is 103 Å². The van der Waals surface area contributed by atoms with E-state index in [1.54, 1.807) is 6.33 Å². The predicted octanol–water partition coefficient (Wildman–Crippen LogP) is 2.96. The Morgan fingerprint density at radius 2 is 1.94 bits per heavy atom. The summed E-state index contributed by atoms with van der Waals surface area (Å²) in [6.45, 7) is 7.09. The third kappa shape index (κ3) is 4.68. The molecule has 1 fully saturated rings. The molecule has 4 aromatic rings. The van der Waals surface area contributed by atoms with Gasteiger partial charge < -0.3 is 19.5 Å². The summed E-state index contributed by atoms with van der Waals surface area (Å²) in [4.78, 5) is 28.3. The minimum Gasteiger partial charge on any atom is -0.492 e. The number of rotatable bonds is 9. The van der Waals surface area contributed by atoms with Crippen LogP contribution in [0.5, 0.6) is 5.75 Å². The summed E-state index contributed by atoms with van der Waals surface area (Å²) in [5.41, 5.74) is 4.21. The smallest absolute Gasteiger partial charge is 0.222 e. The molecule has 1 aliphatic heterocycles. The van der Waals surface area contributed by atoms with E-state index in [2.05, 4.69) is 15.4 Å². The predicted molar refractivity (Wildman–Crippen MR) is 133 cm³/mol. The Labute approximate surface area is 204 Å². The number of amides is 1. The highest BCUT2D eigenvalue weighted by Crippen LogP contribution is 2.28. The van der Waals surface area contributed by atoms with E-state index in [9.17, 15) is 4.79 Å². The van der Waals surface area contributed by atoms with Crippen molar-refractivity contribution in [3.8, 4) is 17.1 Å². The summed E-state index contributed by atoms with van der Waals surface area (Å²) in [5.74, 6) is 2.30. The van der Waals surface area contributed by atoms with Gasteiger partial charge in [0.25, 0.3) is 0 Å². The van der Waals surface area contributed by atoms with Crippen molar-refractivity contribution in [2.45, 2.75) is 33.2 Å². The van der Waals surface area contributed by atoms with Crippen LogP contribution in [0.25, 0.3) is 22.6 Å². The van der Waals surface area contributed by atoms with Gasteiger partial charge in [0.15, 0.2) is 17.3 Å². The van der Waals surface area contributed by atoms with Crippen molar-refractivity contribution in [1.29, 1.82) is 0 Å². The molecule has 1 amide bonds. The molecule has 10 nitrogen and oxygen atoms in total. The number of hydrogen-bond acceptors (Lipinski definition) is 7. The first-order valence-electron chi connectivity index (χ1n) is 11.9. The van der Waals surface area contributed by atoms with Gasteiger partial charge >= 0.3 is 0 Å². The summed E-state index contributed by atoms with van der Waals surface area (Å²) in [6.07, 6.45) is 3.34. The van der Waals surface area contributed by atoms with Gasteiger partial charge in [0, 0.05) is 38.8 Å². The Kier molecular flexibility index (Phi) is 6.35. The van der Waals surface area contributed by atoms with Gasteiger partial charge in [-0.15, -0.1) is 0 Å². The van der Waals surface area contributed by atoms with E-state index in [0.29, 0.717) is 49.8 Å². The van der Waals surface area contributed by atoms with Crippen LogP contribution >= 0.6 is 0 Å². The SMILES string of the molecule is Cc1nn(C)c(C)c1-c1nc(NCCOc2ccccc2)c2ncn(CCN3CCCC3=O)c2n1. The second kappa shape index (κ2) is 9.73. The quantitative estimate of drug-likeness (QED) is 0.372. The number of anilines is 1. The lowest BCUT2D eigenvalue weighted by molar-refractivity contribution is -0.127. The van der Waals surface area contributed by atoms with E-state index < -0.39 is 0 Å². The van der Waals surface area contributed by atoms with Gasteiger partial charge in [-0.05, 0) is 32.4 Å². The third-order valence-corrected chi connectivity index (χ3v) is 6.39. The van der Waals surface area contributed by atoms with Crippen LogP contribution in [0.4, 0.5) is 5.82 Å². The zero-order valence-corrected chi connectivity index (χ0v) is 20.4. The molecule has 1 saturated heterocycles. The van der Waals surface area contributed by atoms with E-state index in [1.165, 1.54) is 0 Å². The van der Waals surface area contributed by atoms with Crippen LogP contribution in [0.1, 0.15) is 24.2 Å². The number of carbonyl (C=O) groups excluding carboxylic acids is 1. The van der Waals surface area contributed by atoms with Crippen molar-refractivity contribution < 1.29 is 9.53 Å². The maximum absolute atomic E-state index is 12.1. The van der Waals surface area contributed by atoms with Crippen molar-refractivity contribution in [3.05, 3.63) is 48.0 Å². The zero-order valence-electron chi connectivity index (χ0n) is 20.4. The molecule has 0 unspecified atom stereocenters. The van der Waals surface area contributed by atoms with Crippen LogP contribution in [0, 0.1) is 13.8 Å². The number of likely N-dealkylation sites (tertiary alicyclic amines) is 1.